The van der Waals surface area contributed by atoms with E-state index in [0.717, 1.165) is 21.5 Å². The van der Waals surface area contributed by atoms with Crippen molar-refractivity contribution in [1.29, 1.82) is 0 Å². The van der Waals surface area contributed by atoms with Gasteiger partial charge in [0.25, 0.3) is 5.91 Å². The Morgan fingerprint density at radius 1 is 1.17 bits per heavy atom. The van der Waals surface area contributed by atoms with E-state index >= 15 is 0 Å². The second kappa shape index (κ2) is 10.7. The molecule has 1 aliphatic rings. The van der Waals surface area contributed by atoms with Gasteiger partial charge in [0.05, 0.1) is 29.3 Å². The maximum absolute atomic E-state index is 13.4. The molecule has 0 bridgehead atoms. The zero-order valence-electron chi connectivity index (χ0n) is 20.2. The Balaban J connectivity index is 1.75. The number of methoxy groups -OCH3 is 2. The van der Waals surface area contributed by atoms with Crippen LogP contribution in [-0.2, 0) is 21.4 Å². The number of rotatable bonds is 8. The van der Waals surface area contributed by atoms with Crippen LogP contribution in [0.15, 0.2) is 46.3 Å². The van der Waals surface area contributed by atoms with Gasteiger partial charge >= 0.3 is 0 Å². The molecule has 0 aliphatic carbocycles. The van der Waals surface area contributed by atoms with Gasteiger partial charge in [-0.25, -0.2) is 8.42 Å². The summed E-state index contributed by atoms with van der Waals surface area (Å²) in [5.74, 6) is 1.59. The van der Waals surface area contributed by atoms with E-state index < -0.39 is 22.0 Å². The van der Waals surface area contributed by atoms with Crippen LogP contribution < -0.4 is 14.3 Å². The number of amides is 1. The number of ether oxygens (including phenoxy) is 2. The first kappa shape index (κ1) is 25.7. The van der Waals surface area contributed by atoms with Gasteiger partial charge in [0.1, 0.15) is 6.04 Å². The van der Waals surface area contributed by atoms with Crippen molar-refractivity contribution in [2.45, 2.75) is 37.2 Å². The van der Waals surface area contributed by atoms with Crippen LogP contribution in [0.2, 0.25) is 0 Å². The van der Waals surface area contributed by atoms with Crippen LogP contribution in [0.4, 0.5) is 0 Å². The number of carbonyl (C=O) groups excluding carboxylic acids is 1. The van der Waals surface area contributed by atoms with E-state index in [9.17, 15) is 13.2 Å². The second-order valence-corrected chi connectivity index (χ2v) is 12.1. The van der Waals surface area contributed by atoms with Crippen LogP contribution in [0.25, 0.3) is 10.2 Å². The largest absolute Gasteiger partial charge is 0.493 e. The van der Waals surface area contributed by atoms with Gasteiger partial charge in [-0.1, -0.05) is 29.0 Å². The van der Waals surface area contributed by atoms with Gasteiger partial charge in [-0.3, -0.25) is 4.79 Å². The molecule has 1 aromatic heterocycles. The molecule has 1 aliphatic heterocycles. The summed E-state index contributed by atoms with van der Waals surface area (Å²) in [4.78, 5) is 18.6. The minimum absolute atomic E-state index is 0.193. The molecule has 3 aromatic rings. The maximum Gasteiger partial charge on any atom is 0.266 e. The molecule has 188 valence electrons. The smallest absolute Gasteiger partial charge is 0.266 e. The molecule has 11 heteroatoms. The van der Waals surface area contributed by atoms with E-state index in [2.05, 4.69) is 4.99 Å². The van der Waals surface area contributed by atoms with Gasteiger partial charge < -0.3 is 14.0 Å². The van der Waals surface area contributed by atoms with E-state index in [4.69, 9.17) is 9.47 Å². The summed E-state index contributed by atoms with van der Waals surface area (Å²) in [5.41, 5.74) is 1.87. The van der Waals surface area contributed by atoms with Crippen molar-refractivity contribution in [1.82, 2.24) is 8.87 Å². The summed E-state index contributed by atoms with van der Waals surface area (Å²) in [5, 5.41) is 0. The molecule has 0 spiro atoms. The lowest BCUT2D eigenvalue weighted by molar-refractivity contribution is -0.121. The summed E-state index contributed by atoms with van der Waals surface area (Å²) < 4.78 is 41.7. The minimum atomic E-state index is -3.80. The first-order valence-corrected chi connectivity index (χ1v) is 14.9. The Labute approximate surface area is 213 Å². The summed E-state index contributed by atoms with van der Waals surface area (Å²) in [6, 6.07) is 9.65. The fourth-order valence-electron chi connectivity index (χ4n) is 4.17. The van der Waals surface area contributed by atoms with Crippen molar-refractivity contribution < 1.29 is 22.7 Å². The number of carbonyl (C=O) groups is 1. The third kappa shape index (κ3) is 5.13. The highest BCUT2D eigenvalue weighted by atomic mass is 32.2. The zero-order valence-corrected chi connectivity index (χ0v) is 22.6. The predicted molar refractivity (Wildman–Crippen MR) is 140 cm³/mol. The molecule has 2 heterocycles. The van der Waals surface area contributed by atoms with E-state index in [0.29, 0.717) is 42.2 Å². The number of hydrogen-bond donors (Lipinski definition) is 0. The van der Waals surface area contributed by atoms with Crippen molar-refractivity contribution >= 4 is 49.2 Å². The molecule has 0 N–H and O–H groups in total. The van der Waals surface area contributed by atoms with Gasteiger partial charge in [-0.15, -0.1) is 0 Å². The molecule has 1 fully saturated rings. The Kier molecular flexibility index (Phi) is 7.89. The molecule has 0 saturated carbocycles. The molecule has 4 rings (SSSR count). The SMILES string of the molecule is COc1cc2sc(=NC(=O)C3CCCN3S(=O)(=O)c3ccc(C)cc3)n(CCSC)c2cc1OC. The third-order valence-corrected chi connectivity index (χ3v) is 9.58. The van der Waals surface area contributed by atoms with Crippen LogP contribution in [0.5, 0.6) is 11.5 Å². The van der Waals surface area contributed by atoms with E-state index in [1.54, 1.807) is 50.2 Å². The summed E-state index contributed by atoms with van der Waals surface area (Å²) in [6.45, 7) is 2.86. The molecule has 1 amide bonds. The van der Waals surface area contributed by atoms with Gasteiger partial charge in [0, 0.05) is 31.0 Å². The fraction of sp³-hybridized carbons (Fsp3) is 0.417. The molecule has 1 saturated heterocycles. The monoisotopic (exact) mass is 535 g/mol. The number of fused-ring (bicyclic) bond motifs is 1. The highest BCUT2D eigenvalue weighted by Gasteiger charge is 2.39. The number of sulfonamides is 1. The van der Waals surface area contributed by atoms with Gasteiger partial charge in [-0.05, 0) is 38.2 Å². The zero-order chi connectivity index (χ0) is 25.2. The lowest BCUT2D eigenvalue weighted by Gasteiger charge is -2.21. The highest BCUT2D eigenvalue weighted by Crippen LogP contribution is 2.33. The molecule has 35 heavy (non-hydrogen) atoms. The van der Waals surface area contributed by atoms with E-state index in [1.165, 1.54) is 15.6 Å². The quantitative estimate of drug-likeness (QED) is 0.437. The Morgan fingerprint density at radius 2 is 1.86 bits per heavy atom. The highest BCUT2D eigenvalue weighted by molar-refractivity contribution is 7.98. The average Bonchev–Trinajstić information content (AvgIpc) is 3.47. The summed E-state index contributed by atoms with van der Waals surface area (Å²) >= 11 is 3.07. The van der Waals surface area contributed by atoms with Crippen LogP contribution in [0.3, 0.4) is 0 Å². The van der Waals surface area contributed by atoms with Crippen LogP contribution in [0, 0.1) is 6.92 Å². The number of aromatic nitrogens is 1. The minimum Gasteiger partial charge on any atom is -0.493 e. The Morgan fingerprint density at radius 3 is 2.51 bits per heavy atom. The van der Waals surface area contributed by atoms with Crippen LogP contribution in [-0.4, -0.2) is 62.0 Å². The first-order chi connectivity index (χ1) is 16.8. The van der Waals surface area contributed by atoms with Crippen molar-refractivity contribution in [3.05, 3.63) is 46.8 Å². The van der Waals surface area contributed by atoms with E-state index in [1.807, 2.05) is 29.9 Å². The van der Waals surface area contributed by atoms with E-state index in [-0.39, 0.29) is 4.90 Å². The normalized spacial score (nSPS) is 17.3. The molecule has 2 aromatic carbocycles. The van der Waals surface area contributed by atoms with Crippen molar-refractivity contribution in [3.8, 4) is 11.5 Å². The van der Waals surface area contributed by atoms with Crippen molar-refractivity contribution in [2.24, 2.45) is 4.99 Å². The number of aryl methyl sites for hydroxylation is 2. The molecule has 1 atom stereocenters. The van der Waals surface area contributed by atoms with Crippen molar-refractivity contribution in [2.75, 3.05) is 32.8 Å². The van der Waals surface area contributed by atoms with Gasteiger partial charge in [0.2, 0.25) is 10.0 Å². The Hall–Kier alpha value is -2.34. The van der Waals surface area contributed by atoms with Gasteiger partial charge in [0.15, 0.2) is 16.3 Å². The topological polar surface area (TPSA) is 90.2 Å². The second-order valence-electron chi connectivity index (χ2n) is 8.24. The lowest BCUT2D eigenvalue weighted by Crippen LogP contribution is -2.40. The standard InChI is InChI=1S/C24H29N3O5S3/c1-16-7-9-17(10-8-16)35(29,30)27-11-5-6-18(27)23(28)25-24-26(12-13-33-4)19-14-20(31-2)21(32-3)15-22(19)34-24/h7-10,14-15,18H,5-6,11-13H2,1-4H3. The fourth-order valence-corrected chi connectivity index (χ4v) is 7.26. The van der Waals surface area contributed by atoms with Crippen molar-refractivity contribution in [3.63, 3.8) is 0 Å². The number of nitrogens with zero attached hydrogens (tertiary/aromatic N) is 3. The average molecular weight is 536 g/mol. The summed E-state index contributed by atoms with van der Waals surface area (Å²) in [6.07, 6.45) is 3.09. The molecule has 1 unspecified atom stereocenters. The third-order valence-electron chi connectivity index (χ3n) is 6.03. The summed E-state index contributed by atoms with van der Waals surface area (Å²) in [7, 11) is -0.632. The number of thioether (sulfide) groups is 1. The number of thiazole rings is 1. The van der Waals surface area contributed by atoms with Crippen LogP contribution in [0.1, 0.15) is 18.4 Å². The predicted octanol–water partition coefficient (Wildman–Crippen LogP) is 3.67. The number of hydrogen-bond acceptors (Lipinski definition) is 7. The van der Waals surface area contributed by atoms with Gasteiger partial charge in [-0.2, -0.15) is 21.1 Å². The number of benzene rings is 2. The molecular weight excluding hydrogens is 506 g/mol. The molecular formula is C24H29N3O5S3. The Bertz CT molecular complexity index is 1390. The lowest BCUT2D eigenvalue weighted by atomic mass is 10.2. The van der Waals surface area contributed by atoms with Crippen LogP contribution >= 0.6 is 23.1 Å². The molecule has 0 radical (unpaired) electrons. The molecule has 8 nitrogen and oxygen atoms in total. The first-order valence-electron chi connectivity index (χ1n) is 11.2. The maximum atomic E-state index is 13.4.